The number of fused-ring (bicyclic) bond motifs is 1. The number of nitrogens with zero attached hydrogens (tertiary/aromatic N) is 1. The zero-order valence-electron chi connectivity index (χ0n) is 11.2. The Hall–Kier alpha value is -1.49. The van der Waals surface area contributed by atoms with E-state index in [1.54, 1.807) is 6.07 Å². The minimum absolute atomic E-state index is 0.498. The number of benzene rings is 2. The van der Waals surface area contributed by atoms with Crippen molar-refractivity contribution < 1.29 is 4.74 Å². The molecule has 0 radical (unpaired) electrons. The molecule has 0 spiro atoms. The van der Waals surface area contributed by atoms with E-state index in [4.69, 9.17) is 40.2 Å². The predicted molar refractivity (Wildman–Crippen MR) is 89.6 cm³/mol. The molecule has 0 saturated heterocycles. The molecular weight excluding hydrogens is 327 g/mol. The fourth-order valence-corrected chi connectivity index (χ4v) is 2.85. The molecule has 1 aromatic heterocycles. The highest BCUT2D eigenvalue weighted by Gasteiger charge is 2.09. The molecule has 0 atom stereocenters. The Balaban J connectivity index is 2.17. The normalized spacial score (nSPS) is 11.0. The van der Waals surface area contributed by atoms with Gasteiger partial charge in [0, 0.05) is 5.69 Å². The number of H-pyrrole nitrogens is 1. The molecule has 1 heterocycles. The first-order valence-electron chi connectivity index (χ1n) is 6.43. The van der Waals surface area contributed by atoms with E-state index in [2.05, 4.69) is 4.98 Å². The summed E-state index contributed by atoms with van der Waals surface area (Å²) < 4.78 is 7.96. The van der Waals surface area contributed by atoms with Crippen LogP contribution in [0.2, 0.25) is 10.0 Å². The molecule has 1 N–H and O–H groups in total. The third-order valence-electron chi connectivity index (χ3n) is 3.13. The Labute approximate surface area is 137 Å². The van der Waals surface area contributed by atoms with E-state index in [1.165, 1.54) is 0 Å². The van der Waals surface area contributed by atoms with E-state index in [1.807, 2.05) is 41.8 Å². The van der Waals surface area contributed by atoms with Crippen LogP contribution in [0, 0.1) is 4.77 Å². The van der Waals surface area contributed by atoms with Crippen molar-refractivity contribution in [1.29, 1.82) is 0 Å². The maximum absolute atomic E-state index is 6.11. The number of aromatic nitrogens is 2. The Morgan fingerprint density at radius 3 is 2.48 bits per heavy atom. The number of hydrogen-bond donors (Lipinski definition) is 1. The number of hydrogen-bond acceptors (Lipinski definition) is 2. The largest absolute Gasteiger partial charge is 0.494 e. The molecule has 0 aliphatic carbocycles. The molecule has 2 aromatic carbocycles. The lowest BCUT2D eigenvalue weighted by Crippen LogP contribution is -1.95. The smallest absolute Gasteiger partial charge is 0.182 e. The van der Waals surface area contributed by atoms with Gasteiger partial charge in [0.15, 0.2) is 4.77 Å². The third kappa shape index (κ3) is 2.67. The lowest BCUT2D eigenvalue weighted by Gasteiger charge is -2.07. The Kier molecular flexibility index (Phi) is 3.93. The molecule has 0 aliphatic heterocycles. The van der Waals surface area contributed by atoms with Crippen LogP contribution in [0.3, 0.4) is 0 Å². The van der Waals surface area contributed by atoms with Crippen molar-refractivity contribution in [3.8, 4) is 11.4 Å². The SMILES string of the molecule is CCOc1ccc(-n2c(=S)[nH]c3cc(Cl)c(Cl)cc32)cc1. The Morgan fingerprint density at radius 1 is 1.14 bits per heavy atom. The summed E-state index contributed by atoms with van der Waals surface area (Å²) in [6.45, 7) is 2.59. The van der Waals surface area contributed by atoms with E-state index in [-0.39, 0.29) is 0 Å². The van der Waals surface area contributed by atoms with Crippen molar-refractivity contribution in [2.45, 2.75) is 6.92 Å². The van der Waals surface area contributed by atoms with Gasteiger partial charge in [0.05, 0.1) is 27.7 Å². The van der Waals surface area contributed by atoms with Gasteiger partial charge in [-0.1, -0.05) is 23.2 Å². The Morgan fingerprint density at radius 2 is 1.81 bits per heavy atom. The van der Waals surface area contributed by atoms with Gasteiger partial charge < -0.3 is 9.72 Å². The highest BCUT2D eigenvalue weighted by atomic mass is 35.5. The van der Waals surface area contributed by atoms with Crippen LogP contribution in [0.25, 0.3) is 16.7 Å². The van der Waals surface area contributed by atoms with Gasteiger partial charge in [0.25, 0.3) is 0 Å². The molecule has 0 aliphatic rings. The van der Waals surface area contributed by atoms with Gasteiger partial charge >= 0.3 is 0 Å². The molecule has 21 heavy (non-hydrogen) atoms. The molecule has 3 rings (SSSR count). The standard InChI is InChI=1S/C15H12Cl2N2OS/c1-2-20-10-5-3-9(4-6-10)19-14-8-12(17)11(16)7-13(14)18-15(19)21/h3-8H,2H2,1H3,(H,18,21). The van der Waals surface area contributed by atoms with Gasteiger partial charge in [-0.15, -0.1) is 0 Å². The van der Waals surface area contributed by atoms with E-state index < -0.39 is 0 Å². The summed E-state index contributed by atoms with van der Waals surface area (Å²) in [5.41, 5.74) is 2.68. The molecule has 0 saturated carbocycles. The van der Waals surface area contributed by atoms with Crippen molar-refractivity contribution in [3.05, 3.63) is 51.2 Å². The van der Waals surface area contributed by atoms with Gasteiger partial charge in [-0.25, -0.2) is 0 Å². The van der Waals surface area contributed by atoms with Crippen LogP contribution in [0.1, 0.15) is 6.92 Å². The Bertz CT molecular complexity index is 852. The summed E-state index contributed by atoms with van der Waals surface area (Å²) in [7, 11) is 0. The second kappa shape index (κ2) is 5.72. The highest BCUT2D eigenvalue weighted by molar-refractivity contribution is 7.71. The molecular formula is C15H12Cl2N2OS. The number of rotatable bonds is 3. The quantitative estimate of drug-likeness (QED) is 0.648. The third-order valence-corrected chi connectivity index (χ3v) is 4.14. The van der Waals surface area contributed by atoms with Crippen LogP contribution in [-0.2, 0) is 0 Å². The first-order chi connectivity index (χ1) is 10.1. The van der Waals surface area contributed by atoms with Crippen LogP contribution in [0.15, 0.2) is 36.4 Å². The fraction of sp³-hybridized carbons (Fsp3) is 0.133. The van der Waals surface area contributed by atoms with Gasteiger partial charge in [-0.2, -0.15) is 0 Å². The van der Waals surface area contributed by atoms with Crippen LogP contribution in [0.5, 0.6) is 5.75 Å². The summed E-state index contributed by atoms with van der Waals surface area (Å²) in [4.78, 5) is 3.14. The average molecular weight is 339 g/mol. The zero-order valence-corrected chi connectivity index (χ0v) is 13.5. The van der Waals surface area contributed by atoms with Crippen molar-refractivity contribution in [2.24, 2.45) is 0 Å². The summed E-state index contributed by atoms with van der Waals surface area (Å²) in [6, 6.07) is 11.3. The van der Waals surface area contributed by atoms with Gasteiger partial charge in [0.1, 0.15) is 5.75 Å². The molecule has 6 heteroatoms. The van der Waals surface area contributed by atoms with Crippen molar-refractivity contribution in [2.75, 3.05) is 6.61 Å². The lowest BCUT2D eigenvalue weighted by atomic mass is 10.2. The van der Waals surface area contributed by atoms with Crippen LogP contribution in [0.4, 0.5) is 0 Å². The second-order valence-electron chi connectivity index (χ2n) is 4.48. The first kappa shape index (κ1) is 14.4. The molecule has 3 nitrogen and oxygen atoms in total. The molecule has 0 unspecified atom stereocenters. The minimum Gasteiger partial charge on any atom is -0.494 e. The predicted octanol–water partition coefficient (Wildman–Crippen LogP) is 5.39. The van der Waals surface area contributed by atoms with Crippen molar-refractivity contribution in [3.63, 3.8) is 0 Å². The molecule has 0 bridgehead atoms. The lowest BCUT2D eigenvalue weighted by molar-refractivity contribution is 0.340. The monoisotopic (exact) mass is 338 g/mol. The molecule has 108 valence electrons. The van der Waals surface area contributed by atoms with Crippen LogP contribution < -0.4 is 4.74 Å². The summed E-state index contributed by atoms with van der Waals surface area (Å²) in [5, 5.41) is 0.997. The summed E-state index contributed by atoms with van der Waals surface area (Å²) in [5.74, 6) is 0.827. The zero-order chi connectivity index (χ0) is 15.0. The van der Waals surface area contributed by atoms with E-state index >= 15 is 0 Å². The summed E-state index contributed by atoms with van der Waals surface area (Å²) >= 11 is 17.5. The number of halogens is 2. The first-order valence-corrected chi connectivity index (χ1v) is 7.59. The van der Waals surface area contributed by atoms with Crippen LogP contribution >= 0.6 is 35.4 Å². The molecule has 0 amide bonds. The maximum Gasteiger partial charge on any atom is 0.182 e. The van der Waals surface area contributed by atoms with Crippen molar-refractivity contribution in [1.82, 2.24) is 9.55 Å². The fourth-order valence-electron chi connectivity index (χ4n) is 2.22. The maximum atomic E-state index is 6.11. The van der Waals surface area contributed by atoms with Gasteiger partial charge in [-0.05, 0) is 55.5 Å². The van der Waals surface area contributed by atoms with E-state index in [0.717, 1.165) is 22.5 Å². The topological polar surface area (TPSA) is 29.9 Å². The van der Waals surface area contributed by atoms with Crippen molar-refractivity contribution >= 4 is 46.5 Å². The van der Waals surface area contributed by atoms with Crippen LogP contribution in [-0.4, -0.2) is 16.2 Å². The minimum atomic E-state index is 0.498. The van der Waals surface area contributed by atoms with Gasteiger partial charge in [0.2, 0.25) is 0 Å². The number of ether oxygens (including phenoxy) is 1. The number of imidazole rings is 1. The average Bonchev–Trinajstić information content (AvgIpc) is 2.76. The second-order valence-corrected chi connectivity index (χ2v) is 5.68. The van der Waals surface area contributed by atoms with E-state index in [0.29, 0.717) is 21.4 Å². The van der Waals surface area contributed by atoms with E-state index in [9.17, 15) is 0 Å². The number of aromatic amines is 1. The molecule has 3 aromatic rings. The highest BCUT2D eigenvalue weighted by Crippen LogP contribution is 2.29. The summed E-state index contributed by atoms with van der Waals surface area (Å²) in [6.07, 6.45) is 0. The molecule has 0 fully saturated rings. The van der Waals surface area contributed by atoms with Gasteiger partial charge in [-0.3, -0.25) is 4.57 Å². The number of nitrogens with one attached hydrogen (secondary N) is 1.